The van der Waals surface area contributed by atoms with Crippen molar-refractivity contribution in [1.82, 2.24) is 4.98 Å². The maximum atomic E-state index is 12.6. The van der Waals surface area contributed by atoms with Gasteiger partial charge in [0.15, 0.2) is 11.5 Å². The van der Waals surface area contributed by atoms with Crippen LogP contribution in [0.4, 0.5) is 22.0 Å². The molecule has 0 aliphatic heterocycles. The van der Waals surface area contributed by atoms with Crippen LogP contribution in [-0.4, -0.2) is 18.5 Å². The summed E-state index contributed by atoms with van der Waals surface area (Å²) in [7, 11) is 0.969. The van der Waals surface area contributed by atoms with Gasteiger partial charge in [0.25, 0.3) is 6.43 Å². The zero-order valence-corrected chi connectivity index (χ0v) is 9.46. The third-order valence-electron chi connectivity index (χ3n) is 1.99. The molecule has 1 heterocycles. The molecule has 4 nitrogen and oxygen atoms in total. The maximum Gasteiger partial charge on any atom is 0.573 e. The highest BCUT2D eigenvalue weighted by molar-refractivity contribution is 5.49. The lowest BCUT2D eigenvalue weighted by molar-refractivity contribution is -0.275. The summed E-state index contributed by atoms with van der Waals surface area (Å²) in [4.78, 5) is 3.48. The fourth-order valence-corrected chi connectivity index (χ4v) is 1.31. The van der Waals surface area contributed by atoms with Crippen molar-refractivity contribution in [3.63, 3.8) is 0 Å². The molecule has 0 fully saturated rings. The molecule has 0 saturated carbocycles. The standard InChI is InChI=1S/C10H7F5N2O2/c1-18-8-6(2-3-16)17-4-5(9(11)12)7(8)19-10(13,14)15/h4,9H,2H2,1H3. The van der Waals surface area contributed by atoms with Crippen molar-refractivity contribution in [2.75, 3.05) is 7.11 Å². The number of nitrogens with zero attached hydrogens (tertiary/aromatic N) is 2. The first-order valence-corrected chi connectivity index (χ1v) is 4.76. The maximum absolute atomic E-state index is 12.6. The highest BCUT2D eigenvalue weighted by Crippen LogP contribution is 2.41. The van der Waals surface area contributed by atoms with E-state index >= 15 is 0 Å². The molecule has 0 amide bonds. The molecule has 0 aliphatic rings. The molecule has 0 atom stereocenters. The smallest absolute Gasteiger partial charge is 0.491 e. The Balaban J connectivity index is 3.42. The number of pyridine rings is 1. The van der Waals surface area contributed by atoms with Crippen molar-refractivity contribution >= 4 is 0 Å². The number of alkyl halides is 5. The molecule has 9 heteroatoms. The quantitative estimate of drug-likeness (QED) is 0.797. The molecular weight excluding hydrogens is 275 g/mol. The Bertz CT molecular complexity index is 496. The third kappa shape index (κ3) is 3.67. The van der Waals surface area contributed by atoms with Gasteiger partial charge in [0.2, 0.25) is 0 Å². The van der Waals surface area contributed by atoms with Crippen LogP contribution in [0.15, 0.2) is 6.20 Å². The van der Waals surface area contributed by atoms with Crippen molar-refractivity contribution < 1.29 is 31.4 Å². The van der Waals surface area contributed by atoms with Gasteiger partial charge in [-0.2, -0.15) is 5.26 Å². The van der Waals surface area contributed by atoms with Gasteiger partial charge in [-0.3, -0.25) is 4.98 Å². The number of hydrogen-bond acceptors (Lipinski definition) is 4. The van der Waals surface area contributed by atoms with E-state index in [0.29, 0.717) is 6.20 Å². The Hall–Kier alpha value is -2.11. The van der Waals surface area contributed by atoms with Crippen molar-refractivity contribution in [2.24, 2.45) is 0 Å². The van der Waals surface area contributed by atoms with Crippen LogP contribution in [0.25, 0.3) is 0 Å². The van der Waals surface area contributed by atoms with Gasteiger partial charge in [-0.05, 0) is 0 Å². The van der Waals surface area contributed by atoms with Gasteiger partial charge in [-0.15, -0.1) is 13.2 Å². The molecule has 0 saturated heterocycles. The summed E-state index contributed by atoms with van der Waals surface area (Å²) in [6.07, 6.45) is -8.26. The second kappa shape index (κ2) is 5.69. The Morgan fingerprint density at radius 1 is 1.37 bits per heavy atom. The fraction of sp³-hybridized carbons (Fsp3) is 0.400. The molecule has 0 spiro atoms. The van der Waals surface area contributed by atoms with E-state index in [9.17, 15) is 22.0 Å². The molecule has 19 heavy (non-hydrogen) atoms. The Kier molecular flexibility index (Phi) is 4.47. The minimum Gasteiger partial charge on any atom is -0.491 e. The molecule has 1 aromatic heterocycles. The molecular formula is C10H7F5N2O2. The summed E-state index contributed by atoms with van der Waals surface area (Å²) in [5.74, 6) is -1.80. The number of rotatable bonds is 4. The Labute approximate surface area is 104 Å². The van der Waals surface area contributed by atoms with Gasteiger partial charge < -0.3 is 9.47 Å². The van der Waals surface area contributed by atoms with E-state index in [-0.39, 0.29) is 5.69 Å². The third-order valence-corrected chi connectivity index (χ3v) is 1.99. The van der Waals surface area contributed by atoms with E-state index in [1.807, 2.05) is 0 Å². The molecule has 0 N–H and O–H groups in total. The number of nitriles is 1. The van der Waals surface area contributed by atoms with Crippen LogP contribution in [0.2, 0.25) is 0 Å². The lowest BCUT2D eigenvalue weighted by Gasteiger charge is -2.17. The zero-order chi connectivity index (χ0) is 14.6. The lowest BCUT2D eigenvalue weighted by Crippen LogP contribution is -2.19. The molecule has 104 valence electrons. The van der Waals surface area contributed by atoms with E-state index in [1.54, 1.807) is 6.07 Å². The summed E-state index contributed by atoms with van der Waals surface area (Å²) in [6.45, 7) is 0. The van der Waals surface area contributed by atoms with E-state index in [4.69, 9.17) is 5.26 Å². The first kappa shape index (κ1) is 14.9. The predicted molar refractivity (Wildman–Crippen MR) is 51.7 cm³/mol. The summed E-state index contributed by atoms with van der Waals surface area (Å²) in [5.41, 5.74) is -1.27. The van der Waals surface area contributed by atoms with E-state index < -0.39 is 36.3 Å². The van der Waals surface area contributed by atoms with E-state index in [2.05, 4.69) is 14.5 Å². The number of halogens is 5. The van der Waals surface area contributed by atoms with Crippen LogP contribution < -0.4 is 9.47 Å². The summed E-state index contributed by atoms with van der Waals surface area (Å²) >= 11 is 0. The topological polar surface area (TPSA) is 55.1 Å². The van der Waals surface area contributed by atoms with Gasteiger partial charge in [-0.1, -0.05) is 0 Å². The second-order valence-electron chi connectivity index (χ2n) is 3.21. The minimum absolute atomic E-state index is 0.214. The van der Waals surface area contributed by atoms with Crippen LogP contribution >= 0.6 is 0 Å². The highest BCUT2D eigenvalue weighted by atomic mass is 19.4. The van der Waals surface area contributed by atoms with Crippen LogP contribution in [0.3, 0.4) is 0 Å². The van der Waals surface area contributed by atoms with Gasteiger partial charge in [0, 0.05) is 6.20 Å². The highest BCUT2D eigenvalue weighted by Gasteiger charge is 2.36. The monoisotopic (exact) mass is 282 g/mol. The molecule has 1 aromatic rings. The van der Waals surface area contributed by atoms with Crippen LogP contribution in [0.1, 0.15) is 17.7 Å². The normalized spacial score (nSPS) is 11.3. The van der Waals surface area contributed by atoms with Gasteiger partial charge in [0.05, 0.1) is 25.2 Å². The molecule has 0 bridgehead atoms. The fourth-order valence-electron chi connectivity index (χ4n) is 1.31. The van der Waals surface area contributed by atoms with Crippen molar-refractivity contribution in [3.05, 3.63) is 17.5 Å². The molecule has 0 aromatic carbocycles. The summed E-state index contributed by atoms with van der Waals surface area (Å²) < 4.78 is 70.0. The predicted octanol–water partition coefficient (Wildman–Crippen LogP) is 2.99. The van der Waals surface area contributed by atoms with Gasteiger partial charge in [-0.25, -0.2) is 8.78 Å². The van der Waals surface area contributed by atoms with E-state index in [1.165, 1.54) is 0 Å². The SMILES string of the molecule is COc1c(CC#N)ncc(C(F)F)c1OC(F)(F)F. The Morgan fingerprint density at radius 3 is 2.42 bits per heavy atom. The number of methoxy groups -OCH3 is 1. The van der Waals surface area contributed by atoms with Crippen LogP contribution in [0.5, 0.6) is 11.5 Å². The minimum atomic E-state index is -5.16. The first-order valence-electron chi connectivity index (χ1n) is 4.76. The van der Waals surface area contributed by atoms with Crippen LogP contribution in [-0.2, 0) is 6.42 Å². The number of aromatic nitrogens is 1. The van der Waals surface area contributed by atoms with E-state index in [0.717, 1.165) is 7.11 Å². The van der Waals surface area contributed by atoms with Gasteiger partial charge >= 0.3 is 6.36 Å². The first-order chi connectivity index (χ1) is 8.80. The lowest BCUT2D eigenvalue weighted by atomic mass is 10.2. The average Bonchev–Trinajstić information content (AvgIpc) is 2.27. The molecule has 0 radical (unpaired) electrons. The number of hydrogen-bond donors (Lipinski definition) is 0. The summed E-state index contributed by atoms with van der Waals surface area (Å²) in [6, 6.07) is 1.63. The van der Waals surface area contributed by atoms with Gasteiger partial charge in [0.1, 0.15) is 5.69 Å². The molecule has 0 unspecified atom stereocenters. The van der Waals surface area contributed by atoms with Crippen LogP contribution in [0, 0.1) is 11.3 Å². The average molecular weight is 282 g/mol. The second-order valence-corrected chi connectivity index (χ2v) is 3.21. The summed E-state index contributed by atoms with van der Waals surface area (Å²) in [5, 5.41) is 8.48. The molecule has 0 aliphatic carbocycles. The largest absolute Gasteiger partial charge is 0.573 e. The number of ether oxygens (including phenoxy) is 2. The van der Waals surface area contributed by atoms with Crippen molar-refractivity contribution in [1.29, 1.82) is 5.26 Å². The Morgan fingerprint density at radius 2 is 2.00 bits per heavy atom. The van der Waals surface area contributed by atoms with Crippen molar-refractivity contribution in [3.8, 4) is 17.6 Å². The van der Waals surface area contributed by atoms with Crippen molar-refractivity contribution in [2.45, 2.75) is 19.2 Å². The zero-order valence-electron chi connectivity index (χ0n) is 9.46. The molecule has 1 rings (SSSR count).